The van der Waals surface area contributed by atoms with E-state index in [1.807, 2.05) is 19.1 Å². The van der Waals surface area contributed by atoms with Crippen LogP contribution in [-0.2, 0) is 10.0 Å². The third kappa shape index (κ3) is 4.99. The Kier molecular flexibility index (Phi) is 5.89. The third-order valence-electron chi connectivity index (χ3n) is 5.32. The number of hydrogen-bond donors (Lipinski definition) is 1. The van der Waals surface area contributed by atoms with Gasteiger partial charge in [-0.15, -0.1) is 0 Å². The standard InChI is InChI=1S/C20H24F2N6O2S/c1-13-8-15(17-11-23-18-6-5-16(20(21)22)26-28(17)18)9-19(25-13)27-7-3-4-14(12-27)10-24-31(2,29)30/h5-6,8-9,11,14,20,24H,3-4,7,10,12H2,1-2H3. The summed E-state index contributed by atoms with van der Waals surface area (Å²) in [6.07, 6.45) is 1.97. The number of halogens is 2. The van der Waals surface area contributed by atoms with Crippen LogP contribution in [0, 0.1) is 12.8 Å². The Balaban J connectivity index is 1.63. The number of hydrogen-bond acceptors (Lipinski definition) is 6. The molecular weight excluding hydrogens is 426 g/mol. The first kappa shape index (κ1) is 21.6. The average molecular weight is 451 g/mol. The smallest absolute Gasteiger partial charge is 0.282 e. The van der Waals surface area contributed by atoms with Crippen molar-refractivity contribution in [1.29, 1.82) is 0 Å². The molecule has 1 atom stereocenters. The number of sulfonamides is 1. The summed E-state index contributed by atoms with van der Waals surface area (Å²) in [6, 6.07) is 6.57. The first-order valence-corrected chi connectivity index (χ1v) is 11.9. The Hall–Kier alpha value is -2.66. The van der Waals surface area contributed by atoms with Crippen LogP contribution in [0.5, 0.6) is 0 Å². The number of fused-ring (bicyclic) bond motifs is 1. The summed E-state index contributed by atoms with van der Waals surface area (Å²) < 4.78 is 53.1. The zero-order valence-electron chi connectivity index (χ0n) is 17.3. The SMILES string of the molecule is Cc1cc(-c2cnc3ccc(C(F)F)nn23)cc(N2CCCC(CNS(C)(=O)=O)C2)n1. The van der Waals surface area contributed by atoms with Crippen LogP contribution in [0.4, 0.5) is 14.6 Å². The maximum absolute atomic E-state index is 13.1. The van der Waals surface area contributed by atoms with E-state index in [0.29, 0.717) is 24.4 Å². The van der Waals surface area contributed by atoms with Crippen molar-refractivity contribution in [1.82, 2.24) is 24.3 Å². The molecule has 0 bridgehead atoms. The molecule has 0 saturated carbocycles. The molecule has 0 amide bonds. The fourth-order valence-electron chi connectivity index (χ4n) is 3.87. The van der Waals surface area contributed by atoms with E-state index in [0.717, 1.165) is 42.7 Å². The van der Waals surface area contributed by atoms with Crippen LogP contribution in [0.2, 0.25) is 0 Å². The highest BCUT2D eigenvalue weighted by atomic mass is 32.2. The minimum atomic E-state index is -3.23. The van der Waals surface area contributed by atoms with Crippen LogP contribution >= 0.6 is 0 Å². The highest BCUT2D eigenvalue weighted by Gasteiger charge is 2.23. The Labute approximate surface area is 179 Å². The van der Waals surface area contributed by atoms with Gasteiger partial charge in [0.25, 0.3) is 6.43 Å². The lowest BCUT2D eigenvalue weighted by Crippen LogP contribution is -2.41. The van der Waals surface area contributed by atoms with Crippen molar-refractivity contribution in [2.75, 3.05) is 30.8 Å². The summed E-state index contributed by atoms with van der Waals surface area (Å²) >= 11 is 0. The van der Waals surface area contributed by atoms with E-state index >= 15 is 0 Å². The van der Waals surface area contributed by atoms with Gasteiger partial charge in [-0.3, -0.25) is 0 Å². The van der Waals surface area contributed by atoms with Crippen molar-refractivity contribution in [2.24, 2.45) is 5.92 Å². The van der Waals surface area contributed by atoms with Crippen molar-refractivity contribution in [3.8, 4) is 11.3 Å². The molecule has 1 aliphatic rings. The van der Waals surface area contributed by atoms with Gasteiger partial charge < -0.3 is 4.90 Å². The molecule has 4 heterocycles. The molecule has 1 N–H and O–H groups in total. The van der Waals surface area contributed by atoms with Crippen LogP contribution in [0.1, 0.15) is 30.7 Å². The van der Waals surface area contributed by atoms with Gasteiger partial charge in [0.1, 0.15) is 11.5 Å². The van der Waals surface area contributed by atoms with Crippen LogP contribution in [-0.4, -0.2) is 53.9 Å². The molecule has 0 aromatic carbocycles. The van der Waals surface area contributed by atoms with Gasteiger partial charge in [0.15, 0.2) is 5.65 Å². The predicted molar refractivity (Wildman–Crippen MR) is 114 cm³/mol. The molecule has 1 unspecified atom stereocenters. The fourth-order valence-corrected chi connectivity index (χ4v) is 4.41. The van der Waals surface area contributed by atoms with Crippen molar-refractivity contribution < 1.29 is 17.2 Å². The Morgan fingerprint density at radius 1 is 1.29 bits per heavy atom. The minimum absolute atomic E-state index is 0.181. The molecule has 11 heteroatoms. The summed E-state index contributed by atoms with van der Waals surface area (Å²) in [5.74, 6) is 0.944. The van der Waals surface area contributed by atoms with E-state index in [9.17, 15) is 17.2 Å². The Bertz CT molecular complexity index is 1200. The molecule has 1 saturated heterocycles. The van der Waals surface area contributed by atoms with Crippen molar-refractivity contribution in [3.05, 3.63) is 41.9 Å². The number of imidazole rings is 1. The lowest BCUT2D eigenvalue weighted by molar-refractivity contribution is 0.144. The predicted octanol–water partition coefficient (Wildman–Crippen LogP) is 2.80. The second kappa shape index (κ2) is 8.46. The zero-order valence-corrected chi connectivity index (χ0v) is 18.1. The number of nitrogens with zero attached hydrogens (tertiary/aromatic N) is 5. The largest absolute Gasteiger partial charge is 0.356 e. The monoisotopic (exact) mass is 450 g/mol. The number of aryl methyl sites for hydroxylation is 1. The summed E-state index contributed by atoms with van der Waals surface area (Å²) in [5, 5.41) is 4.05. The summed E-state index contributed by atoms with van der Waals surface area (Å²) in [5.41, 5.74) is 2.35. The molecular formula is C20H24F2N6O2S. The fraction of sp³-hybridized carbons (Fsp3) is 0.450. The van der Waals surface area contributed by atoms with Gasteiger partial charge in [-0.1, -0.05) is 0 Å². The Morgan fingerprint density at radius 2 is 2.10 bits per heavy atom. The number of piperidine rings is 1. The van der Waals surface area contributed by atoms with Gasteiger partial charge in [0.05, 0.1) is 18.1 Å². The summed E-state index contributed by atoms with van der Waals surface area (Å²) in [6.45, 7) is 3.76. The normalized spacial score (nSPS) is 17.6. The van der Waals surface area contributed by atoms with Crippen molar-refractivity contribution >= 4 is 21.5 Å². The highest BCUT2D eigenvalue weighted by molar-refractivity contribution is 7.88. The number of anilines is 1. The maximum atomic E-state index is 13.1. The van der Waals surface area contributed by atoms with E-state index in [2.05, 4.69) is 24.7 Å². The highest BCUT2D eigenvalue weighted by Crippen LogP contribution is 2.28. The van der Waals surface area contributed by atoms with Gasteiger partial charge in [0.2, 0.25) is 10.0 Å². The van der Waals surface area contributed by atoms with Gasteiger partial charge in [-0.2, -0.15) is 5.10 Å². The molecule has 1 fully saturated rings. The third-order valence-corrected chi connectivity index (χ3v) is 6.01. The van der Waals surface area contributed by atoms with Gasteiger partial charge in [-0.05, 0) is 49.9 Å². The van der Waals surface area contributed by atoms with Crippen LogP contribution < -0.4 is 9.62 Å². The molecule has 8 nitrogen and oxygen atoms in total. The number of rotatable bonds is 6. The zero-order chi connectivity index (χ0) is 22.2. The Morgan fingerprint density at radius 3 is 2.84 bits per heavy atom. The topological polar surface area (TPSA) is 92.5 Å². The van der Waals surface area contributed by atoms with Crippen molar-refractivity contribution in [3.63, 3.8) is 0 Å². The number of pyridine rings is 1. The summed E-state index contributed by atoms with van der Waals surface area (Å²) in [7, 11) is -3.23. The van der Waals surface area contributed by atoms with Crippen LogP contribution in [0.15, 0.2) is 30.5 Å². The van der Waals surface area contributed by atoms with Crippen LogP contribution in [0.3, 0.4) is 0 Å². The first-order chi connectivity index (χ1) is 14.7. The average Bonchev–Trinajstić information content (AvgIpc) is 3.15. The molecule has 3 aromatic rings. The maximum Gasteiger partial charge on any atom is 0.282 e. The second-order valence-electron chi connectivity index (χ2n) is 7.90. The molecule has 0 aliphatic carbocycles. The molecule has 4 rings (SSSR count). The number of alkyl halides is 2. The quantitative estimate of drug-likeness (QED) is 0.621. The minimum Gasteiger partial charge on any atom is -0.356 e. The molecule has 1 aliphatic heterocycles. The molecule has 3 aromatic heterocycles. The van der Waals surface area contributed by atoms with E-state index in [4.69, 9.17) is 0 Å². The van der Waals surface area contributed by atoms with E-state index in [-0.39, 0.29) is 11.6 Å². The first-order valence-electron chi connectivity index (χ1n) is 10.0. The van der Waals surface area contributed by atoms with Gasteiger partial charge in [0, 0.05) is 30.9 Å². The molecule has 31 heavy (non-hydrogen) atoms. The van der Waals surface area contributed by atoms with Gasteiger partial charge in [-0.25, -0.2) is 36.4 Å². The van der Waals surface area contributed by atoms with Crippen LogP contribution in [0.25, 0.3) is 16.9 Å². The number of nitrogens with one attached hydrogen (secondary N) is 1. The molecule has 0 spiro atoms. The van der Waals surface area contributed by atoms with E-state index < -0.39 is 16.4 Å². The molecule has 0 radical (unpaired) electrons. The van der Waals surface area contributed by atoms with Crippen molar-refractivity contribution in [2.45, 2.75) is 26.2 Å². The lowest BCUT2D eigenvalue weighted by atomic mass is 9.98. The second-order valence-corrected chi connectivity index (χ2v) is 9.74. The van der Waals surface area contributed by atoms with E-state index in [1.54, 1.807) is 6.20 Å². The van der Waals surface area contributed by atoms with Gasteiger partial charge >= 0.3 is 0 Å². The molecule has 166 valence electrons. The lowest BCUT2D eigenvalue weighted by Gasteiger charge is -2.34. The van der Waals surface area contributed by atoms with E-state index in [1.165, 1.54) is 16.6 Å². The summed E-state index contributed by atoms with van der Waals surface area (Å²) in [4.78, 5) is 11.1. The number of aromatic nitrogens is 4.